The molecule has 1 saturated carbocycles. The number of furan rings is 1. The van der Waals surface area contributed by atoms with Crippen LogP contribution in [0.3, 0.4) is 0 Å². The lowest BCUT2D eigenvalue weighted by Gasteiger charge is -2.20. The Balaban J connectivity index is 1.60. The molecule has 0 bridgehead atoms. The molecule has 1 heterocycles. The van der Waals surface area contributed by atoms with Crippen LogP contribution in [-0.4, -0.2) is 15.3 Å². The molecule has 0 aliphatic heterocycles. The summed E-state index contributed by atoms with van der Waals surface area (Å²) in [4.78, 5) is 12.8. The second-order valence-corrected chi connectivity index (χ2v) is 10.6. The fourth-order valence-corrected chi connectivity index (χ4v) is 4.94. The fraction of sp³-hybridized carbons (Fsp3) is 0.500. The van der Waals surface area contributed by atoms with E-state index in [-0.39, 0.29) is 11.0 Å². The molecular formula is C22H29N3O4S. The van der Waals surface area contributed by atoms with E-state index in [2.05, 4.69) is 17.0 Å². The van der Waals surface area contributed by atoms with E-state index in [0.717, 1.165) is 48.8 Å². The number of rotatable bonds is 6. The lowest BCUT2D eigenvalue weighted by Crippen LogP contribution is -2.34. The maximum Gasteiger partial charge on any atom is 0.332 e. The average molecular weight is 433 g/mol. The highest BCUT2D eigenvalue weighted by atomic mass is 32.2. The normalized spacial score (nSPS) is 19.5. The van der Waals surface area contributed by atoms with Gasteiger partial charge in [0.1, 0.15) is 0 Å². The summed E-state index contributed by atoms with van der Waals surface area (Å²) in [6, 6.07) is 2.93. The topological polar surface area (TPSA) is 115 Å². The van der Waals surface area contributed by atoms with Crippen LogP contribution in [0, 0.1) is 10.7 Å². The van der Waals surface area contributed by atoms with Gasteiger partial charge in [0.2, 0.25) is 5.09 Å². The van der Waals surface area contributed by atoms with Gasteiger partial charge < -0.3 is 14.8 Å². The molecule has 4 N–H and O–H groups in total. The lowest BCUT2D eigenvalue weighted by molar-refractivity contribution is 0.0779. The molecule has 2 aliphatic rings. The Morgan fingerprint density at radius 2 is 2.17 bits per heavy atom. The standard InChI is InChI=1S/C22H29N3O4S/c1-13(14-7-8-14)17-10-9-15-5-4-6-18(15)20(17)24-21(26)25-30(23,28)19-11-16(12-29-19)22(2,3)27/h9-14,27H,4-8H2,1-3H3,(H3,23,24,25,26,28)/t13-,30?/m0/s1/i9D. The molecule has 1 unspecified atom stereocenters. The molecule has 2 amide bonds. The van der Waals surface area contributed by atoms with Crippen LogP contribution in [0.25, 0.3) is 0 Å². The SMILES string of the molecule is [2H]c1cc([C@@H](C)C2CC2)c(NC(=O)NS(=N)(=O)c2cc(C(C)(C)O)co2)c2c1CCC2. The first kappa shape index (κ1) is 19.6. The van der Waals surface area contributed by atoms with Crippen molar-refractivity contribution in [3.8, 4) is 0 Å². The minimum absolute atomic E-state index is 0.213. The van der Waals surface area contributed by atoms with Crippen LogP contribution in [0.15, 0.2) is 33.9 Å². The van der Waals surface area contributed by atoms with Crippen LogP contribution in [0.4, 0.5) is 10.5 Å². The zero-order chi connectivity index (χ0) is 22.6. The van der Waals surface area contributed by atoms with Gasteiger partial charge in [0.25, 0.3) is 0 Å². The number of hydrogen-bond donors (Lipinski definition) is 4. The van der Waals surface area contributed by atoms with Crippen molar-refractivity contribution < 1.29 is 19.9 Å². The molecule has 8 heteroatoms. The number of aliphatic hydroxyl groups is 1. The first-order valence-electron chi connectivity index (χ1n) is 10.8. The molecule has 0 radical (unpaired) electrons. The van der Waals surface area contributed by atoms with Gasteiger partial charge >= 0.3 is 6.03 Å². The number of hydrogen-bond acceptors (Lipinski definition) is 5. The summed E-state index contributed by atoms with van der Waals surface area (Å²) < 4.78 is 36.8. The Kier molecular flexibility index (Phi) is 4.86. The maximum atomic E-state index is 12.8. The molecule has 4 rings (SSSR count). The Morgan fingerprint density at radius 3 is 2.80 bits per heavy atom. The second-order valence-electron chi connectivity index (χ2n) is 8.88. The van der Waals surface area contributed by atoms with Gasteiger partial charge in [0.05, 0.1) is 13.2 Å². The van der Waals surface area contributed by atoms with Crippen LogP contribution in [0.1, 0.15) is 69.6 Å². The van der Waals surface area contributed by atoms with E-state index in [1.165, 1.54) is 12.3 Å². The average Bonchev–Trinajstić information content (AvgIpc) is 3.17. The number of fused-ring (bicyclic) bond motifs is 1. The number of carbonyl (C=O) groups excluding carboxylic acids is 1. The molecule has 1 fully saturated rings. The number of urea groups is 1. The molecule has 7 nitrogen and oxygen atoms in total. The first-order valence-corrected chi connectivity index (χ1v) is 11.9. The molecule has 2 atom stereocenters. The third-order valence-corrected chi connectivity index (χ3v) is 7.32. The Morgan fingerprint density at radius 1 is 1.43 bits per heavy atom. The maximum absolute atomic E-state index is 12.8. The highest BCUT2D eigenvalue weighted by Crippen LogP contribution is 2.46. The van der Waals surface area contributed by atoms with Gasteiger partial charge in [0, 0.05) is 17.3 Å². The van der Waals surface area contributed by atoms with Gasteiger partial charge in [-0.2, -0.15) is 0 Å². The quantitative estimate of drug-likeness (QED) is 0.532. The Bertz CT molecular complexity index is 1130. The van der Waals surface area contributed by atoms with Crippen molar-refractivity contribution in [2.45, 2.75) is 69.5 Å². The van der Waals surface area contributed by atoms with Crippen molar-refractivity contribution >= 4 is 21.6 Å². The van der Waals surface area contributed by atoms with Gasteiger partial charge in [-0.05, 0) is 74.5 Å². The van der Waals surface area contributed by atoms with E-state index in [0.29, 0.717) is 23.2 Å². The first-order chi connectivity index (χ1) is 14.5. The Hall–Kier alpha value is -2.32. The molecule has 162 valence electrons. The third kappa shape index (κ3) is 4.11. The number of amides is 2. The molecule has 0 spiro atoms. The molecule has 2 aromatic rings. The predicted octanol–water partition coefficient (Wildman–Crippen LogP) is 4.65. The van der Waals surface area contributed by atoms with E-state index in [1.807, 2.05) is 6.07 Å². The zero-order valence-corrected chi connectivity index (χ0v) is 18.3. The predicted molar refractivity (Wildman–Crippen MR) is 115 cm³/mol. The molecule has 1 aromatic heterocycles. The molecule has 0 saturated heterocycles. The summed E-state index contributed by atoms with van der Waals surface area (Å²) in [6.07, 6.45) is 6.04. The highest BCUT2D eigenvalue weighted by Gasteiger charge is 2.32. The van der Waals surface area contributed by atoms with Crippen molar-refractivity contribution in [3.63, 3.8) is 0 Å². The summed E-state index contributed by atoms with van der Waals surface area (Å²) in [5.41, 5.74) is 2.70. The van der Waals surface area contributed by atoms with Crippen molar-refractivity contribution in [1.29, 1.82) is 4.78 Å². The van der Waals surface area contributed by atoms with Crippen LogP contribution < -0.4 is 10.0 Å². The summed E-state index contributed by atoms with van der Waals surface area (Å²) in [5.74, 6) is 0.760. The summed E-state index contributed by atoms with van der Waals surface area (Å²) >= 11 is 0. The van der Waals surface area contributed by atoms with Crippen LogP contribution in [0.5, 0.6) is 0 Å². The van der Waals surface area contributed by atoms with Crippen LogP contribution in [0.2, 0.25) is 0 Å². The Labute approximate surface area is 178 Å². The smallest absolute Gasteiger partial charge is 0.332 e. The van der Waals surface area contributed by atoms with E-state index in [1.54, 1.807) is 13.8 Å². The van der Waals surface area contributed by atoms with Crippen molar-refractivity contribution in [3.05, 3.63) is 46.7 Å². The van der Waals surface area contributed by atoms with Crippen LogP contribution >= 0.6 is 0 Å². The van der Waals surface area contributed by atoms with Gasteiger partial charge in [-0.3, -0.25) is 0 Å². The van der Waals surface area contributed by atoms with Crippen LogP contribution in [-0.2, 0) is 28.4 Å². The minimum atomic E-state index is -3.76. The van der Waals surface area contributed by atoms with Gasteiger partial charge in [-0.25, -0.2) is 18.5 Å². The summed E-state index contributed by atoms with van der Waals surface area (Å²) in [6.45, 7) is 5.21. The van der Waals surface area contributed by atoms with E-state index in [4.69, 9.17) is 10.6 Å². The number of anilines is 1. The van der Waals surface area contributed by atoms with Gasteiger partial charge in [-0.1, -0.05) is 19.0 Å². The van der Waals surface area contributed by atoms with Gasteiger partial charge in [-0.15, -0.1) is 0 Å². The molecule has 1 aromatic carbocycles. The minimum Gasteiger partial charge on any atom is -0.452 e. The summed E-state index contributed by atoms with van der Waals surface area (Å²) in [5, 5.41) is 12.7. The van der Waals surface area contributed by atoms with Crippen molar-refractivity contribution in [2.75, 3.05) is 5.32 Å². The highest BCUT2D eigenvalue weighted by molar-refractivity contribution is 7.91. The largest absolute Gasteiger partial charge is 0.452 e. The molecular weight excluding hydrogens is 402 g/mol. The lowest BCUT2D eigenvalue weighted by atomic mass is 9.91. The van der Waals surface area contributed by atoms with E-state index in [9.17, 15) is 14.1 Å². The molecule has 2 aliphatic carbocycles. The molecule has 30 heavy (non-hydrogen) atoms. The number of benzene rings is 1. The zero-order valence-electron chi connectivity index (χ0n) is 18.5. The third-order valence-electron chi connectivity index (χ3n) is 6.07. The van der Waals surface area contributed by atoms with E-state index >= 15 is 0 Å². The number of carbonyl (C=O) groups is 1. The van der Waals surface area contributed by atoms with Gasteiger partial charge in [0.15, 0.2) is 9.92 Å². The number of nitrogens with one attached hydrogen (secondary N) is 3. The second kappa shape index (κ2) is 7.42. The fourth-order valence-electron chi connectivity index (χ4n) is 4.06. The summed E-state index contributed by atoms with van der Waals surface area (Å²) in [7, 11) is -3.76. The van der Waals surface area contributed by atoms with E-state index < -0.39 is 21.5 Å². The van der Waals surface area contributed by atoms with Crippen molar-refractivity contribution in [1.82, 2.24) is 4.72 Å². The monoisotopic (exact) mass is 432 g/mol. The van der Waals surface area contributed by atoms with Crippen molar-refractivity contribution in [2.24, 2.45) is 5.92 Å².